The third-order valence-corrected chi connectivity index (χ3v) is 12.5. The molecule has 1 heteroatoms. The van der Waals surface area contributed by atoms with E-state index in [4.69, 9.17) is 0 Å². The number of hydrogen-bond donors (Lipinski definition) is 0. The first-order valence-corrected chi connectivity index (χ1v) is 21.4. The highest BCUT2D eigenvalue weighted by molar-refractivity contribution is 6.01. The highest BCUT2D eigenvalue weighted by atomic mass is 15.1. The lowest BCUT2D eigenvalue weighted by Crippen LogP contribution is -2.28. The Balaban J connectivity index is 1.24. The number of anilines is 3. The molecule has 11 rings (SSSR count). The van der Waals surface area contributed by atoms with E-state index in [9.17, 15) is 0 Å². The Bertz CT molecular complexity index is 3020. The average molecular weight is 790 g/mol. The summed E-state index contributed by atoms with van der Waals surface area (Å²) < 4.78 is 0. The van der Waals surface area contributed by atoms with Gasteiger partial charge in [-0.1, -0.05) is 224 Å². The molecule has 0 radical (unpaired) electrons. The van der Waals surface area contributed by atoms with Crippen LogP contribution in [0.2, 0.25) is 0 Å². The van der Waals surface area contributed by atoms with Crippen molar-refractivity contribution < 1.29 is 0 Å². The van der Waals surface area contributed by atoms with Gasteiger partial charge in [0.25, 0.3) is 0 Å². The molecule has 10 aromatic rings. The van der Waals surface area contributed by atoms with Gasteiger partial charge >= 0.3 is 0 Å². The molecule has 0 aliphatic heterocycles. The number of fused-ring (bicyclic) bond motifs is 3. The number of benzene rings is 10. The molecule has 0 spiro atoms. The summed E-state index contributed by atoms with van der Waals surface area (Å²) in [6.07, 6.45) is 0. The van der Waals surface area contributed by atoms with Crippen LogP contribution in [0.15, 0.2) is 261 Å². The zero-order valence-electron chi connectivity index (χ0n) is 34.3. The monoisotopic (exact) mass is 789 g/mol. The molecular formula is C61H43N. The zero-order chi connectivity index (χ0) is 41.3. The quantitative estimate of drug-likeness (QED) is 0.141. The van der Waals surface area contributed by atoms with Crippen molar-refractivity contribution in [1.29, 1.82) is 0 Å². The molecule has 0 heterocycles. The smallest absolute Gasteiger partial charge is 0.0714 e. The van der Waals surface area contributed by atoms with Crippen molar-refractivity contribution in [3.63, 3.8) is 0 Å². The lowest BCUT2D eigenvalue weighted by atomic mass is 9.67. The van der Waals surface area contributed by atoms with Crippen LogP contribution in [-0.4, -0.2) is 0 Å². The minimum atomic E-state index is -0.547. The fraction of sp³-hybridized carbons (Fsp3) is 0.0164. The maximum Gasteiger partial charge on any atom is 0.0714 e. The first kappa shape index (κ1) is 37.0. The molecule has 1 aliphatic carbocycles. The highest BCUT2D eigenvalue weighted by Crippen LogP contribution is 2.58. The Labute approximate surface area is 364 Å². The molecule has 0 amide bonds. The summed E-state index contributed by atoms with van der Waals surface area (Å²) in [5, 5.41) is 0. The molecule has 0 aromatic heterocycles. The van der Waals surface area contributed by atoms with Crippen LogP contribution >= 0.6 is 0 Å². The molecule has 1 nitrogen and oxygen atoms in total. The summed E-state index contributed by atoms with van der Waals surface area (Å²) in [7, 11) is 0. The van der Waals surface area contributed by atoms with Gasteiger partial charge in [-0.05, 0) is 103 Å². The van der Waals surface area contributed by atoms with Crippen LogP contribution < -0.4 is 4.90 Å². The molecule has 0 unspecified atom stereocenters. The minimum absolute atomic E-state index is 0.547. The van der Waals surface area contributed by atoms with Crippen LogP contribution in [0.4, 0.5) is 17.1 Å². The second kappa shape index (κ2) is 15.9. The minimum Gasteiger partial charge on any atom is -0.309 e. The molecule has 0 bridgehead atoms. The maximum atomic E-state index is 2.51. The van der Waals surface area contributed by atoms with E-state index in [1.165, 1.54) is 55.6 Å². The van der Waals surface area contributed by atoms with E-state index in [1.54, 1.807) is 0 Å². The summed E-state index contributed by atoms with van der Waals surface area (Å²) in [5.74, 6) is 0. The van der Waals surface area contributed by atoms with Crippen LogP contribution in [-0.2, 0) is 5.41 Å². The van der Waals surface area contributed by atoms with Crippen molar-refractivity contribution >= 4 is 17.1 Å². The lowest BCUT2D eigenvalue weighted by Gasteiger charge is -2.35. The fourth-order valence-electron chi connectivity index (χ4n) is 9.76. The van der Waals surface area contributed by atoms with Gasteiger partial charge in [0.2, 0.25) is 0 Å². The van der Waals surface area contributed by atoms with Gasteiger partial charge in [0.1, 0.15) is 0 Å². The maximum absolute atomic E-state index is 2.51. The fourth-order valence-corrected chi connectivity index (χ4v) is 9.76. The Morgan fingerprint density at radius 1 is 0.242 bits per heavy atom. The molecule has 0 saturated heterocycles. The van der Waals surface area contributed by atoms with Crippen LogP contribution in [0.1, 0.15) is 22.3 Å². The first-order chi connectivity index (χ1) is 30.8. The summed E-state index contributed by atoms with van der Waals surface area (Å²) in [5.41, 5.74) is 19.6. The van der Waals surface area contributed by atoms with E-state index < -0.39 is 5.41 Å². The van der Waals surface area contributed by atoms with Crippen molar-refractivity contribution in [2.45, 2.75) is 5.41 Å². The lowest BCUT2D eigenvalue weighted by molar-refractivity contribution is 0.768. The molecule has 292 valence electrons. The third kappa shape index (κ3) is 6.35. The van der Waals surface area contributed by atoms with Crippen molar-refractivity contribution in [3.05, 3.63) is 283 Å². The van der Waals surface area contributed by atoms with Crippen molar-refractivity contribution in [2.24, 2.45) is 0 Å². The van der Waals surface area contributed by atoms with Crippen LogP contribution in [0.25, 0.3) is 55.6 Å². The standard InChI is InChI=1S/C61H43N/c1-7-21-44(22-8-1)46-35-37-52(38-36-46)62(60-56(47-25-11-3-12-26-47)41-49(45-23-9-2-10-24-45)42-57(60)48-27-13-4-14-28-48)53-39-40-55-54-33-19-20-34-58(54)61(59(55)43-53,50-29-15-5-16-30-50)51-31-17-6-18-32-51/h1-43H. The Hall–Kier alpha value is -8.00. The summed E-state index contributed by atoms with van der Waals surface area (Å²) >= 11 is 0. The average Bonchev–Trinajstić information content (AvgIpc) is 3.66. The summed E-state index contributed by atoms with van der Waals surface area (Å²) in [6.45, 7) is 0. The molecule has 0 fully saturated rings. The predicted octanol–water partition coefficient (Wildman–Crippen LogP) is 16.2. The Morgan fingerprint density at radius 3 is 1.15 bits per heavy atom. The van der Waals surface area contributed by atoms with Crippen LogP contribution in [0, 0.1) is 0 Å². The van der Waals surface area contributed by atoms with Gasteiger partial charge in [0, 0.05) is 22.5 Å². The van der Waals surface area contributed by atoms with E-state index in [2.05, 4.69) is 266 Å². The molecule has 0 saturated carbocycles. The van der Waals surface area contributed by atoms with Gasteiger partial charge < -0.3 is 4.90 Å². The second-order valence-corrected chi connectivity index (χ2v) is 16.0. The number of nitrogens with zero attached hydrogens (tertiary/aromatic N) is 1. The van der Waals surface area contributed by atoms with E-state index >= 15 is 0 Å². The van der Waals surface area contributed by atoms with Gasteiger partial charge in [0.15, 0.2) is 0 Å². The van der Waals surface area contributed by atoms with E-state index in [0.29, 0.717) is 0 Å². The highest BCUT2D eigenvalue weighted by Gasteiger charge is 2.46. The van der Waals surface area contributed by atoms with Crippen molar-refractivity contribution in [1.82, 2.24) is 0 Å². The molecule has 0 N–H and O–H groups in total. The normalized spacial score (nSPS) is 12.3. The first-order valence-electron chi connectivity index (χ1n) is 21.4. The molecular weight excluding hydrogens is 747 g/mol. The molecule has 0 atom stereocenters. The predicted molar refractivity (Wildman–Crippen MR) is 260 cm³/mol. The Morgan fingerprint density at radius 2 is 0.629 bits per heavy atom. The van der Waals surface area contributed by atoms with Crippen molar-refractivity contribution in [3.8, 4) is 55.6 Å². The SMILES string of the molecule is c1ccc(-c2ccc(N(c3ccc4c(c3)C(c3ccccc3)(c3ccccc3)c3ccccc3-4)c3c(-c4ccccc4)cc(-c4ccccc4)cc3-c3ccccc3)cc2)cc1. The third-order valence-electron chi connectivity index (χ3n) is 12.5. The summed E-state index contributed by atoms with van der Waals surface area (Å²) in [4.78, 5) is 2.51. The van der Waals surface area contributed by atoms with Gasteiger partial charge in [-0.25, -0.2) is 0 Å². The number of hydrogen-bond acceptors (Lipinski definition) is 1. The van der Waals surface area contributed by atoms with E-state index in [-0.39, 0.29) is 0 Å². The van der Waals surface area contributed by atoms with Crippen LogP contribution in [0.5, 0.6) is 0 Å². The van der Waals surface area contributed by atoms with Gasteiger partial charge in [0.05, 0.1) is 11.1 Å². The largest absolute Gasteiger partial charge is 0.309 e. The van der Waals surface area contributed by atoms with Crippen LogP contribution in [0.3, 0.4) is 0 Å². The second-order valence-electron chi connectivity index (χ2n) is 16.0. The van der Waals surface area contributed by atoms with Gasteiger partial charge in [-0.15, -0.1) is 0 Å². The Kier molecular flexibility index (Phi) is 9.48. The van der Waals surface area contributed by atoms with E-state index in [0.717, 1.165) is 39.3 Å². The molecule has 62 heavy (non-hydrogen) atoms. The number of rotatable bonds is 9. The van der Waals surface area contributed by atoms with Gasteiger partial charge in [-0.3, -0.25) is 0 Å². The van der Waals surface area contributed by atoms with Crippen molar-refractivity contribution in [2.75, 3.05) is 4.90 Å². The zero-order valence-corrected chi connectivity index (χ0v) is 34.3. The summed E-state index contributed by atoms with van der Waals surface area (Å²) in [6, 6.07) is 95.4. The van der Waals surface area contributed by atoms with Gasteiger partial charge in [-0.2, -0.15) is 0 Å². The van der Waals surface area contributed by atoms with E-state index in [1.807, 2.05) is 0 Å². The topological polar surface area (TPSA) is 3.24 Å². The molecule has 1 aliphatic rings. The molecule has 10 aromatic carbocycles.